The van der Waals surface area contributed by atoms with E-state index < -0.39 is 0 Å². The lowest BCUT2D eigenvalue weighted by molar-refractivity contribution is 0.412. The first-order chi connectivity index (χ1) is 9.81. The number of hydrogen-bond donors (Lipinski definition) is 0. The Bertz CT molecular complexity index is 649. The van der Waals surface area contributed by atoms with Crippen molar-refractivity contribution in [2.24, 2.45) is 0 Å². The first kappa shape index (κ1) is 11.9. The number of fused-ring (bicyclic) bond motifs is 2. The van der Waals surface area contributed by atoms with Gasteiger partial charge in [-0.05, 0) is 38.2 Å². The van der Waals surface area contributed by atoms with Crippen LogP contribution in [0.3, 0.4) is 0 Å². The molecule has 104 valence electrons. The lowest BCUT2D eigenvalue weighted by Gasteiger charge is -2.27. The summed E-state index contributed by atoms with van der Waals surface area (Å²) in [5, 5.41) is 4.03. The molecule has 0 radical (unpaired) electrons. The van der Waals surface area contributed by atoms with E-state index in [1.54, 1.807) is 6.26 Å². The van der Waals surface area contributed by atoms with Gasteiger partial charge in [0, 0.05) is 29.9 Å². The van der Waals surface area contributed by atoms with Gasteiger partial charge in [-0.3, -0.25) is 0 Å². The second-order valence-corrected chi connectivity index (χ2v) is 5.70. The van der Waals surface area contributed by atoms with Crippen molar-refractivity contribution >= 4 is 5.95 Å². The van der Waals surface area contributed by atoms with Crippen LogP contribution in [0.25, 0.3) is 0 Å². The number of hydrogen-bond acceptors (Lipinski definition) is 5. The molecule has 5 nitrogen and oxygen atoms in total. The summed E-state index contributed by atoms with van der Waals surface area (Å²) in [7, 11) is 0. The van der Waals surface area contributed by atoms with E-state index in [0.717, 1.165) is 55.3 Å². The van der Waals surface area contributed by atoms with Gasteiger partial charge in [-0.2, -0.15) is 0 Å². The molecule has 2 aromatic heterocycles. The second kappa shape index (κ2) is 4.58. The summed E-state index contributed by atoms with van der Waals surface area (Å²) in [4.78, 5) is 11.8. The third kappa shape index (κ3) is 1.88. The molecule has 0 N–H and O–H groups in total. The molecule has 0 unspecified atom stereocenters. The molecule has 0 spiro atoms. The van der Waals surface area contributed by atoms with E-state index in [9.17, 15) is 0 Å². The van der Waals surface area contributed by atoms with Crippen LogP contribution < -0.4 is 4.90 Å². The minimum Gasteiger partial charge on any atom is -0.364 e. The number of aromatic nitrogens is 3. The summed E-state index contributed by atoms with van der Waals surface area (Å²) in [6, 6.07) is 0. The van der Waals surface area contributed by atoms with E-state index in [1.165, 1.54) is 24.1 Å². The maximum Gasteiger partial charge on any atom is 0.226 e. The Kier molecular flexibility index (Phi) is 2.72. The van der Waals surface area contributed by atoms with Gasteiger partial charge in [0.15, 0.2) is 0 Å². The number of aryl methyl sites for hydroxylation is 2. The van der Waals surface area contributed by atoms with Crippen molar-refractivity contribution in [3.8, 4) is 0 Å². The fraction of sp³-hybridized carbons (Fsp3) is 0.533. The highest BCUT2D eigenvalue weighted by molar-refractivity contribution is 5.40. The molecule has 1 aliphatic heterocycles. The maximum atomic E-state index is 5.05. The van der Waals surface area contributed by atoms with Crippen molar-refractivity contribution < 1.29 is 4.52 Å². The van der Waals surface area contributed by atoms with Gasteiger partial charge < -0.3 is 9.42 Å². The van der Waals surface area contributed by atoms with Crippen LogP contribution in [-0.4, -0.2) is 21.7 Å². The predicted octanol–water partition coefficient (Wildman–Crippen LogP) is 2.21. The van der Waals surface area contributed by atoms with Crippen LogP contribution in [0.15, 0.2) is 10.8 Å². The fourth-order valence-corrected chi connectivity index (χ4v) is 3.22. The minimum atomic E-state index is 0.803. The van der Waals surface area contributed by atoms with E-state index in [4.69, 9.17) is 14.5 Å². The summed E-state index contributed by atoms with van der Waals surface area (Å²) in [6.45, 7) is 3.83. The SMILES string of the molecule is Cc1nc(N2CCc3nocc3C2)nc2c1CCCC2. The van der Waals surface area contributed by atoms with Gasteiger partial charge in [-0.25, -0.2) is 9.97 Å². The summed E-state index contributed by atoms with van der Waals surface area (Å²) >= 11 is 0. The van der Waals surface area contributed by atoms with Gasteiger partial charge >= 0.3 is 0 Å². The summed E-state index contributed by atoms with van der Waals surface area (Å²) < 4.78 is 5.05. The van der Waals surface area contributed by atoms with Crippen LogP contribution >= 0.6 is 0 Å². The molecule has 2 aliphatic rings. The monoisotopic (exact) mass is 270 g/mol. The van der Waals surface area contributed by atoms with Crippen LogP contribution in [0.2, 0.25) is 0 Å². The normalized spacial score (nSPS) is 17.8. The molecule has 0 saturated heterocycles. The average molecular weight is 270 g/mol. The third-order valence-electron chi connectivity index (χ3n) is 4.37. The van der Waals surface area contributed by atoms with Crippen LogP contribution in [0.4, 0.5) is 5.95 Å². The zero-order valence-corrected chi connectivity index (χ0v) is 11.7. The molecule has 0 bridgehead atoms. The fourth-order valence-electron chi connectivity index (χ4n) is 3.22. The first-order valence-corrected chi connectivity index (χ1v) is 7.35. The second-order valence-electron chi connectivity index (χ2n) is 5.70. The molecule has 4 rings (SSSR count). The van der Waals surface area contributed by atoms with Crippen molar-refractivity contribution in [3.05, 3.63) is 34.5 Å². The van der Waals surface area contributed by atoms with E-state index in [0.29, 0.717) is 0 Å². The molecule has 0 amide bonds. The Hall–Kier alpha value is -1.91. The molecule has 1 aliphatic carbocycles. The first-order valence-electron chi connectivity index (χ1n) is 7.35. The molecule has 5 heteroatoms. The molecule has 0 saturated carbocycles. The van der Waals surface area contributed by atoms with Crippen molar-refractivity contribution in [1.29, 1.82) is 0 Å². The highest BCUT2D eigenvalue weighted by atomic mass is 16.5. The lowest BCUT2D eigenvalue weighted by Crippen LogP contribution is -2.32. The van der Waals surface area contributed by atoms with Gasteiger partial charge in [0.25, 0.3) is 0 Å². The Morgan fingerprint density at radius 2 is 2.00 bits per heavy atom. The van der Waals surface area contributed by atoms with E-state index in [1.807, 2.05) is 0 Å². The van der Waals surface area contributed by atoms with E-state index >= 15 is 0 Å². The molecular formula is C15H18N4O. The van der Waals surface area contributed by atoms with Crippen LogP contribution in [-0.2, 0) is 25.8 Å². The molecule has 2 aromatic rings. The zero-order valence-electron chi connectivity index (χ0n) is 11.7. The van der Waals surface area contributed by atoms with Gasteiger partial charge in [0.2, 0.25) is 5.95 Å². The molecule has 0 atom stereocenters. The summed E-state index contributed by atoms with van der Waals surface area (Å²) in [6.07, 6.45) is 7.40. The standard InChI is InChI=1S/C15H18N4O/c1-10-12-4-2-3-5-14(12)17-15(16-10)19-7-6-13-11(8-19)9-20-18-13/h9H,2-8H2,1H3. The van der Waals surface area contributed by atoms with Crippen LogP contribution in [0.1, 0.15) is 41.1 Å². The predicted molar refractivity (Wildman–Crippen MR) is 74.7 cm³/mol. The quantitative estimate of drug-likeness (QED) is 0.795. The number of rotatable bonds is 1. The minimum absolute atomic E-state index is 0.803. The Balaban J connectivity index is 1.68. The van der Waals surface area contributed by atoms with Crippen molar-refractivity contribution in [3.63, 3.8) is 0 Å². The van der Waals surface area contributed by atoms with Gasteiger partial charge in [-0.15, -0.1) is 0 Å². The van der Waals surface area contributed by atoms with Gasteiger partial charge in [0.1, 0.15) is 6.26 Å². The van der Waals surface area contributed by atoms with E-state index in [-0.39, 0.29) is 0 Å². The summed E-state index contributed by atoms with van der Waals surface area (Å²) in [5.41, 5.74) is 6.03. The number of anilines is 1. The molecule has 0 fully saturated rings. The molecule has 3 heterocycles. The van der Waals surface area contributed by atoms with Gasteiger partial charge in [0.05, 0.1) is 12.2 Å². The third-order valence-corrected chi connectivity index (χ3v) is 4.37. The Morgan fingerprint density at radius 1 is 1.10 bits per heavy atom. The van der Waals surface area contributed by atoms with Crippen molar-refractivity contribution in [1.82, 2.24) is 15.1 Å². The average Bonchev–Trinajstić information content (AvgIpc) is 2.94. The molecule has 0 aromatic carbocycles. The topological polar surface area (TPSA) is 55.1 Å². The molecule has 20 heavy (non-hydrogen) atoms. The molecular weight excluding hydrogens is 252 g/mol. The lowest BCUT2D eigenvalue weighted by atomic mass is 9.95. The van der Waals surface area contributed by atoms with Crippen LogP contribution in [0.5, 0.6) is 0 Å². The summed E-state index contributed by atoms with van der Waals surface area (Å²) in [5.74, 6) is 0.870. The zero-order chi connectivity index (χ0) is 13.5. The number of nitrogens with zero attached hydrogens (tertiary/aromatic N) is 4. The Morgan fingerprint density at radius 3 is 2.95 bits per heavy atom. The Labute approximate surface area is 118 Å². The maximum absolute atomic E-state index is 5.05. The smallest absolute Gasteiger partial charge is 0.226 e. The van der Waals surface area contributed by atoms with Crippen LogP contribution in [0, 0.1) is 6.92 Å². The van der Waals surface area contributed by atoms with E-state index in [2.05, 4.69) is 17.0 Å². The largest absolute Gasteiger partial charge is 0.364 e. The highest BCUT2D eigenvalue weighted by Crippen LogP contribution is 2.26. The van der Waals surface area contributed by atoms with Crippen molar-refractivity contribution in [2.75, 3.05) is 11.4 Å². The van der Waals surface area contributed by atoms with Gasteiger partial charge in [-0.1, -0.05) is 5.16 Å². The highest BCUT2D eigenvalue weighted by Gasteiger charge is 2.23. The van der Waals surface area contributed by atoms with Crippen molar-refractivity contribution in [2.45, 2.75) is 45.6 Å².